The van der Waals surface area contributed by atoms with Crippen molar-refractivity contribution in [2.24, 2.45) is 0 Å². The minimum Gasteiger partial charge on any atom is -0.398 e. The monoisotopic (exact) mass is 229 g/mol. The average molecular weight is 229 g/mol. The Morgan fingerprint density at radius 2 is 2.18 bits per heavy atom. The molecule has 3 rings (SSSR count). The number of anilines is 1. The summed E-state index contributed by atoms with van der Waals surface area (Å²) in [6, 6.07) is 4.51. The van der Waals surface area contributed by atoms with E-state index in [-0.39, 0.29) is 5.56 Å². The molecule has 0 spiro atoms. The van der Waals surface area contributed by atoms with Crippen LogP contribution in [0, 0.1) is 5.82 Å². The van der Waals surface area contributed by atoms with E-state index in [1.165, 1.54) is 12.4 Å². The SMILES string of the molecule is Nc1cccc(F)c1-c1nc2ncncc2[nH]1. The van der Waals surface area contributed by atoms with Gasteiger partial charge in [0.1, 0.15) is 23.5 Å². The molecule has 0 amide bonds. The molecule has 0 aliphatic heterocycles. The van der Waals surface area contributed by atoms with E-state index in [9.17, 15) is 4.39 Å². The molecule has 0 saturated heterocycles. The molecule has 0 aliphatic carbocycles. The van der Waals surface area contributed by atoms with Crippen LogP contribution in [0.1, 0.15) is 0 Å². The third kappa shape index (κ3) is 1.50. The molecule has 3 N–H and O–H groups in total. The first-order valence-electron chi connectivity index (χ1n) is 4.96. The van der Waals surface area contributed by atoms with Gasteiger partial charge in [0.05, 0.1) is 11.8 Å². The quantitative estimate of drug-likeness (QED) is 0.623. The molecule has 0 unspecified atom stereocenters. The van der Waals surface area contributed by atoms with E-state index in [1.54, 1.807) is 18.3 Å². The van der Waals surface area contributed by atoms with Gasteiger partial charge in [0.2, 0.25) is 0 Å². The topological polar surface area (TPSA) is 80.5 Å². The van der Waals surface area contributed by atoms with Crippen LogP contribution in [0.15, 0.2) is 30.7 Å². The van der Waals surface area contributed by atoms with Crippen molar-refractivity contribution in [2.45, 2.75) is 0 Å². The van der Waals surface area contributed by atoms with Crippen molar-refractivity contribution in [2.75, 3.05) is 5.73 Å². The Morgan fingerprint density at radius 1 is 1.29 bits per heavy atom. The molecule has 5 nitrogen and oxygen atoms in total. The van der Waals surface area contributed by atoms with E-state index in [4.69, 9.17) is 5.73 Å². The van der Waals surface area contributed by atoms with Crippen molar-refractivity contribution in [3.8, 4) is 11.4 Å². The average Bonchev–Trinajstić information content (AvgIpc) is 2.71. The Balaban J connectivity index is 2.27. The minimum atomic E-state index is -0.419. The number of rotatable bonds is 1. The predicted octanol–water partition coefficient (Wildman–Crippen LogP) is 1.74. The van der Waals surface area contributed by atoms with Crippen LogP contribution in [0.4, 0.5) is 10.1 Å². The first-order valence-corrected chi connectivity index (χ1v) is 4.96. The number of nitrogens with one attached hydrogen (secondary N) is 1. The van der Waals surface area contributed by atoms with Crippen LogP contribution in [0.25, 0.3) is 22.6 Å². The summed E-state index contributed by atoms with van der Waals surface area (Å²) in [6.45, 7) is 0. The summed E-state index contributed by atoms with van der Waals surface area (Å²) in [5.74, 6) is -0.0619. The number of aromatic nitrogens is 4. The third-order valence-electron chi connectivity index (χ3n) is 2.44. The Morgan fingerprint density at radius 3 is 2.94 bits per heavy atom. The highest BCUT2D eigenvalue weighted by Crippen LogP contribution is 2.27. The van der Waals surface area contributed by atoms with Crippen LogP contribution >= 0.6 is 0 Å². The number of nitrogens with two attached hydrogens (primary N) is 1. The largest absolute Gasteiger partial charge is 0.398 e. The van der Waals surface area contributed by atoms with Crippen molar-refractivity contribution in [1.29, 1.82) is 0 Å². The molecule has 0 aliphatic rings. The zero-order valence-corrected chi connectivity index (χ0v) is 8.68. The number of hydrogen-bond acceptors (Lipinski definition) is 4. The van der Waals surface area contributed by atoms with Crippen LogP contribution in [-0.2, 0) is 0 Å². The highest BCUT2D eigenvalue weighted by Gasteiger charge is 2.13. The third-order valence-corrected chi connectivity index (χ3v) is 2.44. The smallest absolute Gasteiger partial charge is 0.181 e. The molecule has 2 aromatic heterocycles. The van der Waals surface area contributed by atoms with Gasteiger partial charge in [0.25, 0.3) is 0 Å². The molecule has 0 saturated carbocycles. The maximum Gasteiger partial charge on any atom is 0.181 e. The van der Waals surface area contributed by atoms with Gasteiger partial charge in [-0.15, -0.1) is 0 Å². The number of fused-ring (bicyclic) bond motifs is 1. The van der Waals surface area contributed by atoms with Crippen molar-refractivity contribution in [3.05, 3.63) is 36.5 Å². The molecular weight excluding hydrogens is 221 g/mol. The number of benzene rings is 1. The highest BCUT2D eigenvalue weighted by atomic mass is 19.1. The lowest BCUT2D eigenvalue weighted by molar-refractivity contribution is 0.631. The molecule has 0 fully saturated rings. The van der Waals surface area contributed by atoms with E-state index in [0.717, 1.165) is 0 Å². The van der Waals surface area contributed by atoms with Gasteiger partial charge in [-0.25, -0.2) is 19.3 Å². The predicted molar refractivity (Wildman–Crippen MR) is 61.5 cm³/mol. The van der Waals surface area contributed by atoms with Gasteiger partial charge in [-0.05, 0) is 12.1 Å². The molecule has 1 aromatic carbocycles. The molecule has 3 aromatic rings. The summed E-state index contributed by atoms with van der Waals surface area (Å²) in [7, 11) is 0. The van der Waals surface area contributed by atoms with Gasteiger partial charge < -0.3 is 10.7 Å². The van der Waals surface area contributed by atoms with E-state index in [1.807, 2.05) is 0 Å². The number of halogens is 1. The van der Waals surface area contributed by atoms with Crippen LogP contribution in [-0.4, -0.2) is 19.9 Å². The zero-order valence-electron chi connectivity index (χ0n) is 8.68. The number of H-pyrrole nitrogens is 1. The molecule has 0 atom stereocenters. The Labute approximate surface area is 95.5 Å². The van der Waals surface area contributed by atoms with Gasteiger partial charge in [0.15, 0.2) is 5.65 Å². The molecule has 17 heavy (non-hydrogen) atoms. The fourth-order valence-corrected chi connectivity index (χ4v) is 1.67. The molecule has 2 heterocycles. The summed E-state index contributed by atoms with van der Waals surface area (Å²) in [4.78, 5) is 14.9. The summed E-state index contributed by atoms with van der Waals surface area (Å²) >= 11 is 0. The van der Waals surface area contributed by atoms with E-state index in [2.05, 4.69) is 19.9 Å². The molecule has 0 radical (unpaired) electrons. The number of nitrogens with zero attached hydrogens (tertiary/aromatic N) is 3. The lowest BCUT2D eigenvalue weighted by Crippen LogP contribution is -1.94. The lowest BCUT2D eigenvalue weighted by Gasteiger charge is -2.02. The number of aromatic amines is 1. The maximum absolute atomic E-state index is 13.7. The second-order valence-corrected chi connectivity index (χ2v) is 3.55. The summed E-state index contributed by atoms with van der Waals surface area (Å²) in [5, 5.41) is 0. The van der Waals surface area contributed by atoms with Gasteiger partial charge >= 0.3 is 0 Å². The summed E-state index contributed by atoms with van der Waals surface area (Å²) < 4.78 is 13.7. The van der Waals surface area contributed by atoms with Crippen molar-refractivity contribution in [1.82, 2.24) is 19.9 Å². The Hall–Kier alpha value is -2.50. The van der Waals surface area contributed by atoms with Crippen molar-refractivity contribution in [3.63, 3.8) is 0 Å². The van der Waals surface area contributed by atoms with Gasteiger partial charge in [0, 0.05) is 5.69 Å². The van der Waals surface area contributed by atoms with E-state index >= 15 is 0 Å². The number of imidazole rings is 1. The molecule has 84 valence electrons. The molecule has 0 bridgehead atoms. The van der Waals surface area contributed by atoms with Gasteiger partial charge in [-0.1, -0.05) is 6.07 Å². The number of nitrogen functional groups attached to an aromatic ring is 1. The molecule has 6 heteroatoms. The van der Waals surface area contributed by atoms with Crippen LogP contribution in [0.3, 0.4) is 0 Å². The van der Waals surface area contributed by atoms with Gasteiger partial charge in [-0.3, -0.25) is 0 Å². The zero-order chi connectivity index (χ0) is 11.8. The van der Waals surface area contributed by atoms with Crippen molar-refractivity contribution < 1.29 is 4.39 Å². The standard InChI is InChI=1S/C11H8FN5/c12-6-2-1-3-7(13)9(6)11-16-8-4-14-5-15-10(8)17-11/h1-5H,13H2,(H,14,15,16,17). The summed E-state index contributed by atoms with van der Waals surface area (Å²) in [5.41, 5.74) is 7.45. The minimum absolute atomic E-state index is 0.255. The second kappa shape index (κ2) is 3.51. The number of hydrogen-bond donors (Lipinski definition) is 2. The summed E-state index contributed by atoms with van der Waals surface area (Å²) in [6.07, 6.45) is 2.97. The molecular formula is C11H8FN5. The Kier molecular flexibility index (Phi) is 2.01. The van der Waals surface area contributed by atoms with Gasteiger partial charge in [-0.2, -0.15) is 0 Å². The second-order valence-electron chi connectivity index (χ2n) is 3.55. The first-order chi connectivity index (χ1) is 8.25. The van der Waals surface area contributed by atoms with Crippen molar-refractivity contribution >= 4 is 16.9 Å². The maximum atomic E-state index is 13.7. The first kappa shape index (κ1) is 9.71. The van der Waals surface area contributed by atoms with Crippen LogP contribution in [0.2, 0.25) is 0 Å². The van der Waals surface area contributed by atoms with Crippen LogP contribution in [0.5, 0.6) is 0 Å². The fraction of sp³-hybridized carbons (Fsp3) is 0. The van der Waals surface area contributed by atoms with Crippen LogP contribution < -0.4 is 5.73 Å². The fourth-order valence-electron chi connectivity index (χ4n) is 1.67. The van der Waals surface area contributed by atoms with E-state index < -0.39 is 5.82 Å². The normalized spacial score (nSPS) is 10.9. The lowest BCUT2D eigenvalue weighted by atomic mass is 10.1. The highest BCUT2D eigenvalue weighted by molar-refractivity contribution is 5.79. The Bertz CT molecular complexity index is 638. The van der Waals surface area contributed by atoms with E-state index in [0.29, 0.717) is 22.7 Å².